The van der Waals surface area contributed by atoms with Gasteiger partial charge in [0.15, 0.2) is 0 Å². The molecule has 0 saturated heterocycles. The van der Waals surface area contributed by atoms with Gasteiger partial charge in [0.1, 0.15) is 0 Å². The Morgan fingerprint density at radius 1 is 0.311 bits per heavy atom. The lowest BCUT2D eigenvalue weighted by Crippen LogP contribution is -1.94. The Morgan fingerprint density at radius 2 is 0.844 bits per heavy atom. The van der Waals surface area contributed by atoms with Crippen molar-refractivity contribution in [1.29, 1.82) is 0 Å². The molecule has 0 spiro atoms. The van der Waals surface area contributed by atoms with Crippen LogP contribution in [0.5, 0.6) is 0 Å². The molecule has 0 aliphatic carbocycles. The van der Waals surface area contributed by atoms with Crippen LogP contribution in [0, 0.1) is 0 Å². The minimum absolute atomic E-state index is 1.17. The molecule has 9 aromatic carbocycles. The van der Waals surface area contributed by atoms with E-state index in [1.807, 2.05) is 0 Å². The number of nitrogens with zero attached hydrogens (tertiary/aromatic N) is 1. The highest BCUT2D eigenvalue weighted by molar-refractivity contribution is 6.28. The van der Waals surface area contributed by atoms with Crippen molar-refractivity contribution in [3.8, 4) is 27.9 Å². The maximum atomic E-state index is 2.42. The lowest BCUT2D eigenvalue weighted by atomic mass is 9.85. The summed E-state index contributed by atoms with van der Waals surface area (Å²) in [5.41, 5.74) is 8.63. The van der Waals surface area contributed by atoms with E-state index < -0.39 is 0 Å². The quantitative estimate of drug-likeness (QED) is 0.187. The van der Waals surface area contributed by atoms with Gasteiger partial charge >= 0.3 is 0 Å². The van der Waals surface area contributed by atoms with Gasteiger partial charge in [-0.2, -0.15) is 0 Å². The molecule has 0 amide bonds. The molecule has 1 nitrogen and oxygen atoms in total. The molecule has 1 heterocycles. The van der Waals surface area contributed by atoms with Crippen LogP contribution in [0.3, 0.4) is 0 Å². The Hall–Kier alpha value is -5.92. The van der Waals surface area contributed by atoms with Crippen LogP contribution in [0.15, 0.2) is 164 Å². The predicted octanol–water partition coefficient (Wildman–Crippen LogP) is 12.2. The SMILES string of the molecule is c1ccc2cc(-c3cc(-c4ccc(-n5c6ccccc6c6ccccc65)cc4)c4ccc5cccc6ccc3c4c56)ccc2c1. The van der Waals surface area contributed by atoms with E-state index in [0.717, 1.165) is 0 Å². The molecule has 10 rings (SSSR count). The Kier molecular flexibility index (Phi) is 5.06. The number of benzene rings is 9. The van der Waals surface area contributed by atoms with Crippen LogP contribution in [0.1, 0.15) is 0 Å². The molecule has 0 saturated carbocycles. The minimum atomic E-state index is 1.17. The van der Waals surface area contributed by atoms with Crippen LogP contribution in [-0.2, 0) is 0 Å². The number of rotatable bonds is 3. The fourth-order valence-electron chi connectivity index (χ4n) is 7.66. The van der Waals surface area contributed by atoms with E-state index in [-0.39, 0.29) is 0 Å². The summed E-state index contributed by atoms with van der Waals surface area (Å²) in [6.45, 7) is 0. The largest absolute Gasteiger partial charge is 0.309 e. The second-order valence-corrected chi connectivity index (χ2v) is 12.1. The minimum Gasteiger partial charge on any atom is -0.309 e. The molecule has 0 bridgehead atoms. The molecule has 0 aliphatic rings. The number of fused-ring (bicyclic) bond motifs is 4. The van der Waals surface area contributed by atoms with Crippen LogP contribution in [0.25, 0.3) is 92.8 Å². The molecular weight excluding hydrogens is 542 g/mol. The molecule has 0 atom stereocenters. The summed E-state index contributed by atoms with van der Waals surface area (Å²) < 4.78 is 2.39. The zero-order valence-electron chi connectivity index (χ0n) is 24.5. The van der Waals surface area contributed by atoms with Crippen LogP contribution < -0.4 is 0 Å². The van der Waals surface area contributed by atoms with E-state index in [1.54, 1.807) is 0 Å². The summed E-state index contributed by atoms with van der Waals surface area (Å²) in [4.78, 5) is 0. The third kappa shape index (κ3) is 3.56. The van der Waals surface area contributed by atoms with Crippen LogP contribution in [-0.4, -0.2) is 4.57 Å². The van der Waals surface area contributed by atoms with Crippen molar-refractivity contribution in [1.82, 2.24) is 4.57 Å². The first-order valence-electron chi connectivity index (χ1n) is 15.6. The molecule has 1 aromatic heterocycles. The van der Waals surface area contributed by atoms with Crippen molar-refractivity contribution in [2.45, 2.75) is 0 Å². The van der Waals surface area contributed by atoms with Gasteiger partial charge in [-0.05, 0) is 102 Å². The van der Waals surface area contributed by atoms with Crippen molar-refractivity contribution >= 4 is 64.9 Å². The van der Waals surface area contributed by atoms with Gasteiger partial charge in [0, 0.05) is 16.5 Å². The fourth-order valence-corrected chi connectivity index (χ4v) is 7.66. The summed E-state index contributed by atoms with van der Waals surface area (Å²) in [5.74, 6) is 0. The smallest absolute Gasteiger partial charge is 0.0541 e. The molecule has 1 heteroatoms. The number of para-hydroxylation sites is 2. The van der Waals surface area contributed by atoms with Crippen molar-refractivity contribution < 1.29 is 0 Å². The van der Waals surface area contributed by atoms with E-state index in [2.05, 4.69) is 168 Å². The number of aromatic nitrogens is 1. The van der Waals surface area contributed by atoms with Crippen molar-refractivity contribution in [2.24, 2.45) is 0 Å². The summed E-state index contributed by atoms with van der Waals surface area (Å²) >= 11 is 0. The average Bonchev–Trinajstić information content (AvgIpc) is 3.45. The van der Waals surface area contributed by atoms with Gasteiger partial charge in [-0.3, -0.25) is 0 Å². The van der Waals surface area contributed by atoms with E-state index in [1.165, 1.54) is 92.8 Å². The summed E-state index contributed by atoms with van der Waals surface area (Å²) in [7, 11) is 0. The molecular formula is C44H27N. The highest BCUT2D eigenvalue weighted by Gasteiger charge is 2.17. The lowest BCUT2D eigenvalue weighted by Gasteiger charge is -2.18. The summed E-state index contributed by atoms with van der Waals surface area (Å²) in [6.07, 6.45) is 0. The first-order chi connectivity index (χ1) is 22.3. The van der Waals surface area contributed by atoms with E-state index in [9.17, 15) is 0 Å². The van der Waals surface area contributed by atoms with Gasteiger partial charge in [-0.15, -0.1) is 0 Å². The lowest BCUT2D eigenvalue weighted by molar-refractivity contribution is 1.18. The highest BCUT2D eigenvalue weighted by Crippen LogP contribution is 2.44. The zero-order valence-corrected chi connectivity index (χ0v) is 24.5. The monoisotopic (exact) mass is 569 g/mol. The first-order valence-corrected chi connectivity index (χ1v) is 15.6. The molecule has 208 valence electrons. The first kappa shape index (κ1) is 24.5. The fraction of sp³-hybridized carbons (Fsp3) is 0. The topological polar surface area (TPSA) is 4.93 Å². The van der Waals surface area contributed by atoms with E-state index in [0.29, 0.717) is 0 Å². The number of hydrogen-bond acceptors (Lipinski definition) is 0. The molecule has 0 unspecified atom stereocenters. The summed E-state index contributed by atoms with van der Waals surface area (Å²) in [6, 6.07) is 60.4. The van der Waals surface area contributed by atoms with Crippen LogP contribution >= 0.6 is 0 Å². The van der Waals surface area contributed by atoms with Gasteiger partial charge in [-0.1, -0.05) is 127 Å². The van der Waals surface area contributed by atoms with Crippen molar-refractivity contribution in [3.05, 3.63) is 164 Å². The Labute approximate surface area is 260 Å². The number of hydrogen-bond donors (Lipinski definition) is 0. The van der Waals surface area contributed by atoms with E-state index >= 15 is 0 Å². The molecule has 10 aromatic rings. The predicted molar refractivity (Wildman–Crippen MR) is 193 cm³/mol. The normalized spacial score (nSPS) is 12.0. The van der Waals surface area contributed by atoms with Crippen LogP contribution in [0.2, 0.25) is 0 Å². The average molecular weight is 570 g/mol. The molecule has 0 fully saturated rings. The van der Waals surface area contributed by atoms with Gasteiger partial charge in [0.2, 0.25) is 0 Å². The molecule has 0 aliphatic heterocycles. The van der Waals surface area contributed by atoms with Gasteiger partial charge in [0.25, 0.3) is 0 Å². The highest BCUT2D eigenvalue weighted by atomic mass is 15.0. The van der Waals surface area contributed by atoms with Gasteiger partial charge in [-0.25, -0.2) is 0 Å². The van der Waals surface area contributed by atoms with Crippen molar-refractivity contribution in [3.63, 3.8) is 0 Å². The van der Waals surface area contributed by atoms with Crippen molar-refractivity contribution in [2.75, 3.05) is 0 Å². The van der Waals surface area contributed by atoms with Crippen LogP contribution in [0.4, 0.5) is 0 Å². The Morgan fingerprint density at radius 3 is 1.53 bits per heavy atom. The zero-order chi connectivity index (χ0) is 29.5. The molecule has 0 radical (unpaired) electrons. The second-order valence-electron chi connectivity index (χ2n) is 12.1. The summed E-state index contributed by atoms with van der Waals surface area (Å²) in [5, 5.41) is 12.9. The third-order valence-electron chi connectivity index (χ3n) is 9.72. The maximum Gasteiger partial charge on any atom is 0.0541 e. The van der Waals surface area contributed by atoms with Gasteiger partial charge in [0.05, 0.1) is 11.0 Å². The standard InChI is InChI=1S/C44H27N/c1-2-9-32-26-33(17-16-28(32)8-1)40-27-39(37-24-20-30-10-7-11-31-21-25-38(40)44(37)43(30)31)29-18-22-34(23-19-29)45-41-14-5-3-12-35(41)36-13-4-6-15-42(36)45/h1-27H. The third-order valence-corrected chi connectivity index (χ3v) is 9.72. The van der Waals surface area contributed by atoms with E-state index in [4.69, 9.17) is 0 Å². The maximum absolute atomic E-state index is 2.42. The molecule has 45 heavy (non-hydrogen) atoms. The Balaban J connectivity index is 1.23. The second kappa shape index (κ2) is 9.29. The Bertz CT molecular complexity index is 2670. The van der Waals surface area contributed by atoms with Gasteiger partial charge < -0.3 is 4.57 Å². The molecule has 0 N–H and O–H groups in total.